The second kappa shape index (κ2) is 6.84. The van der Waals surface area contributed by atoms with Crippen LogP contribution < -0.4 is 0 Å². The summed E-state index contributed by atoms with van der Waals surface area (Å²) in [6, 6.07) is 4.90. The number of benzene rings is 1. The summed E-state index contributed by atoms with van der Waals surface area (Å²) in [5.41, 5.74) is 0.308. The lowest BCUT2D eigenvalue weighted by molar-refractivity contribution is -0.148. The van der Waals surface area contributed by atoms with Gasteiger partial charge in [-0.25, -0.2) is 14.3 Å². The maximum absolute atomic E-state index is 11.8. The fourth-order valence-corrected chi connectivity index (χ4v) is 2.02. The van der Waals surface area contributed by atoms with Crippen molar-refractivity contribution in [3.05, 3.63) is 46.8 Å². The molecule has 0 aliphatic carbocycles. The first kappa shape index (κ1) is 17.7. The number of hydrogen-bond acceptors (Lipinski definition) is 5. The molecule has 0 fully saturated rings. The van der Waals surface area contributed by atoms with Crippen LogP contribution in [0.25, 0.3) is 11.8 Å². The Balaban J connectivity index is 2.34. The van der Waals surface area contributed by atoms with Crippen LogP contribution in [0.4, 0.5) is 0 Å². The van der Waals surface area contributed by atoms with Gasteiger partial charge in [-0.15, -0.1) is 5.10 Å². The van der Waals surface area contributed by atoms with Crippen molar-refractivity contribution >= 4 is 29.6 Å². The van der Waals surface area contributed by atoms with Crippen LogP contribution in [0, 0.1) is 0 Å². The summed E-state index contributed by atoms with van der Waals surface area (Å²) in [6.45, 7) is 5.31. The lowest BCUT2D eigenvalue weighted by Crippen LogP contribution is -2.22. The number of carboxylic acid groups (broad SMARTS) is 1. The lowest BCUT2D eigenvalue weighted by Gasteiger charge is -2.18. The zero-order valence-electron chi connectivity index (χ0n) is 13.4. The van der Waals surface area contributed by atoms with E-state index in [0.29, 0.717) is 16.3 Å². The molecule has 0 aliphatic rings. The summed E-state index contributed by atoms with van der Waals surface area (Å²) >= 11 is 5.99. The van der Waals surface area contributed by atoms with Gasteiger partial charge in [-0.3, -0.25) is 0 Å². The molecule has 1 aromatic heterocycles. The van der Waals surface area contributed by atoms with Crippen molar-refractivity contribution in [1.82, 2.24) is 15.0 Å². The normalized spacial score (nSPS) is 11.7. The van der Waals surface area contributed by atoms with Crippen molar-refractivity contribution in [2.24, 2.45) is 0 Å². The molecule has 1 N–H and O–H groups in total. The van der Waals surface area contributed by atoms with Crippen LogP contribution in [-0.4, -0.2) is 37.6 Å². The van der Waals surface area contributed by atoms with E-state index < -0.39 is 17.5 Å². The van der Waals surface area contributed by atoms with Gasteiger partial charge in [-0.1, -0.05) is 16.8 Å². The molecule has 0 saturated carbocycles. The monoisotopic (exact) mass is 349 g/mol. The molecular weight excluding hydrogens is 334 g/mol. The standard InChI is InChI=1S/C16H16ClN3O4/c1-16(2,3)24-14(21)7-4-10-8-11(17)5-6-13(10)20-9-12(15(22)23)18-19-20/h4-9H,1-3H3,(H,22,23). The molecule has 1 aromatic carbocycles. The van der Waals surface area contributed by atoms with Crippen LogP contribution in [-0.2, 0) is 9.53 Å². The zero-order valence-corrected chi connectivity index (χ0v) is 14.1. The van der Waals surface area contributed by atoms with Gasteiger partial charge < -0.3 is 9.84 Å². The van der Waals surface area contributed by atoms with E-state index >= 15 is 0 Å². The van der Waals surface area contributed by atoms with Crippen LogP contribution in [0.1, 0.15) is 36.8 Å². The SMILES string of the molecule is CC(C)(C)OC(=O)C=Cc1cc(Cl)ccc1-n1cc(C(=O)O)nn1. The molecule has 0 unspecified atom stereocenters. The number of aromatic carboxylic acids is 1. The van der Waals surface area contributed by atoms with E-state index in [1.165, 1.54) is 23.0 Å². The minimum absolute atomic E-state index is 0.188. The average Bonchev–Trinajstić information content (AvgIpc) is 2.93. The van der Waals surface area contributed by atoms with Crippen molar-refractivity contribution in [3.63, 3.8) is 0 Å². The molecule has 2 rings (SSSR count). The minimum atomic E-state index is -1.18. The molecule has 0 atom stereocenters. The fourth-order valence-electron chi connectivity index (χ4n) is 1.84. The number of halogens is 1. The van der Waals surface area contributed by atoms with Gasteiger partial charge in [0, 0.05) is 16.7 Å². The number of hydrogen-bond donors (Lipinski definition) is 1. The zero-order chi connectivity index (χ0) is 17.9. The summed E-state index contributed by atoms with van der Waals surface area (Å²) in [6.07, 6.45) is 4.07. The van der Waals surface area contributed by atoms with Gasteiger partial charge in [0.1, 0.15) is 5.60 Å². The Morgan fingerprint density at radius 1 is 1.33 bits per heavy atom. The molecule has 2 aromatic rings. The van der Waals surface area contributed by atoms with E-state index in [9.17, 15) is 9.59 Å². The number of nitrogens with zero attached hydrogens (tertiary/aromatic N) is 3. The van der Waals surface area contributed by atoms with Gasteiger partial charge in [0.25, 0.3) is 0 Å². The van der Waals surface area contributed by atoms with Crippen molar-refractivity contribution in [2.45, 2.75) is 26.4 Å². The van der Waals surface area contributed by atoms with E-state index in [4.69, 9.17) is 21.4 Å². The second-order valence-electron chi connectivity index (χ2n) is 5.92. The number of rotatable bonds is 4. The molecule has 8 heteroatoms. The predicted molar refractivity (Wildman–Crippen MR) is 88.2 cm³/mol. The summed E-state index contributed by atoms with van der Waals surface area (Å²) in [5.74, 6) is -1.68. The van der Waals surface area contributed by atoms with E-state index in [2.05, 4.69) is 10.3 Å². The Morgan fingerprint density at radius 2 is 2.04 bits per heavy atom. The minimum Gasteiger partial charge on any atom is -0.476 e. The van der Waals surface area contributed by atoms with Crippen molar-refractivity contribution in [1.29, 1.82) is 0 Å². The molecule has 0 aliphatic heterocycles. The van der Waals surface area contributed by atoms with Gasteiger partial charge in [0.05, 0.1) is 11.9 Å². The first-order chi connectivity index (χ1) is 11.2. The third kappa shape index (κ3) is 4.66. The number of carboxylic acids is 1. The van der Waals surface area contributed by atoms with Crippen LogP contribution in [0.15, 0.2) is 30.5 Å². The first-order valence-electron chi connectivity index (χ1n) is 7.02. The third-order valence-corrected chi connectivity index (χ3v) is 2.99. The predicted octanol–water partition coefficient (Wildman–Crippen LogP) is 2.97. The summed E-state index contributed by atoms with van der Waals surface area (Å²) < 4.78 is 6.50. The molecule has 0 bridgehead atoms. The molecule has 7 nitrogen and oxygen atoms in total. The summed E-state index contributed by atoms with van der Waals surface area (Å²) in [7, 11) is 0. The lowest BCUT2D eigenvalue weighted by atomic mass is 10.1. The number of aromatic nitrogens is 3. The molecule has 0 saturated heterocycles. The van der Waals surface area contributed by atoms with E-state index in [0.717, 1.165) is 0 Å². The van der Waals surface area contributed by atoms with Gasteiger partial charge >= 0.3 is 11.9 Å². The van der Waals surface area contributed by atoms with E-state index in [-0.39, 0.29) is 5.69 Å². The molecule has 24 heavy (non-hydrogen) atoms. The highest BCUT2D eigenvalue weighted by atomic mass is 35.5. The van der Waals surface area contributed by atoms with Gasteiger partial charge in [0.2, 0.25) is 0 Å². The number of carbonyl (C=O) groups is 2. The van der Waals surface area contributed by atoms with Crippen molar-refractivity contribution in [2.75, 3.05) is 0 Å². The first-order valence-corrected chi connectivity index (χ1v) is 7.40. The van der Waals surface area contributed by atoms with Crippen LogP contribution in [0.5, 0.6) is 0 Å². The summed E-state index contributed by atoms with van der Waals surface area (Å²) in [5, 5.41) is 16.7. The number of ether oxygens (including phenoxy) is 1. The van der Waals surface area contributed by atoms with Gasteiger partial charge in [-0.05, 0) is 45.0 Å². The van der Waals surface area contributed by atoms with Crippen LogP contribution >= 0.6 is 11.6 Å². The third-order valence-electron chi connectivity index (χ3n) is 2.75. The quantitative estimate of drug-likeness (QED) is 0.673. The van der Waals surface area contributed by atoms with Gasteiger partial charge in [-0.2, -0.15) is 0 Å². The van der Waals surface area contributed by atoms with Gasteiger partial charge in [0.15, 0.2) is 5.69 Å². The Kier molecular flexibility index (Phi) is 5.04. The van der Waals surface area contributed by atoms with Crippen LogP contribution in [0.3, 0.4) is 0 Å². The highest BCUT2D eigenvalue weighted by molar-refractivity contribution is 6.30. The molecule has 0 radical (unpaired) electrons. The summed E-state index contributed by atoms with van der Waals surface area (Å²) in [4.78, 5) is 22.7. The van der Waals surface area contributed by atoms with E-state index in [1.54, 1.807) is 39.0 Å². The number of esters is 1. The smallest absolute Gasteiger partial charge is 0.358 e. The highest BCUT2D eigenvalue weighted by Gasteiger charge is 2.15. The van der Waals surface area contributed by atoms with Crippen molar-refractivity contribution in [3.8, 4) is 5.69 Å². The molecule has 0 amide bonds. The topological polar surface area (TPSA) is 94.3 Å². The highest BCUT2D eigenvalue weighted by Crippen LogP contribution is 2.21. The molecular formula is C16H16ClN3O4. The van der Waals surface area contributed by atoms with Crippen molar-refractivity contribution < 1.29 is 19.4 Å². The average molecular weight is 350 g/mol. The molecule has 1 heterocycles. The van der Waals surface area contributed by atoms with Crippen LogP contribution in [0.2, 0.25) is 5.02 Å². The number of carbonyl (C=O) groups excluding carboxylic acids is 1. The second-order valence-corrected chi connectivity index (χ2v) is 6.36. The Hall–Kier alpha value is -2.67. The van der Waals surface area contributed by atoms with E-state index in [1.807, 2.05) is 0 Å². The maximum atomic E-state index is 11.8. The molecule has 0 spiro atoms. The largest absolute Gasteiger partial charge is 0.476 e. The fraction of sp³-hybridized carbons (Fsp3) is 0.250. The Morgan fingerprint density at radius 3 is 2.62 bits per heavy atom. The maximum Gasteiger partial charge on any atom is 0.358 e. The molecule has 126 valence electrons. The Bertz CT molecular complexity index is 806. The Labute approximate surface area is 143 Å².